The Morgan fingerprint density at radius 2 is 0.731 bits per heavy atom. The Morgan fingerprint density at radius 3 is 1.12 bits per heavy atom. The maximum atomic E-state index is 12.7. The van der Waals surface area contributed by atoms with Crippen molar-refractivity contribution in [1.29, 1.82) is 0 Å². The number of rotatable bonds is 36. The molecule has 0 bridgehead atoms. The summed E-state index contributed by atoms with van der Waals surface area (Å²) >= 11 is 3.18. The smallest absolute Gasteiger partial charge is 0.465 e. The quantitative estimate of drug-likeness (QED) is 0.0259. The topological polar surface area (TPSA) is 141 Å². The zero-order valence-corrected chi connectivity index (χ0v) is 34.3. The molecular weight excluding hydrogens is 736 g/mol. The van der Waals surface area contributed by atoms with Gasteiger partial charge in [-0.2, -0.15) is 0 Å². The Hall–Kier alpha value is -2.37. The van der Waals surface area contributed by atoms with E-state index in [0.29, 0.717) is 37.4 Å². The zero-order valence-electron chi connectivity index (χ0n) is 32.7. The van der Waals surface area contributed by atoms with Crippen LogP contribution in [0.5, 0.6) is 0 Å². The van der Waals surface area contributed by atoms with Gasteiger partial charge in [0.2, 0.25) is 0 Å². The first-order valence-electron chi connectivity index (χ1n) is 20.2. The number of carbonyl (C=O) groups is 5. The molecule has 0 spiro atoms. The lowest BCUT2D eigenvalue weighted by Gasteiger charge is -2.18. The first-order valence-corrected chi connectivity index (χ1v) is 21.4. The van der Waals surface area contributed by atoms with E-state index in [1.807, 2.05) is 0 Å². The van der Waals surface area contributed by atoms with Crippen molar-refractivity contribution in [1.82, 2.24) is 0 Å². The summed E-state index contributed by atoms with van der Waals surface area (Å²) in [5.41, 5.74) is 0. The molecule has 0 saturated heterocycles. The minimum Gasteiger partial charge on any atom is -0.465 e. The summed E-state index contributed by atoms with van der Waals surface area (Å²) in [6, 6.07) is 0. The summed E-state index contributed by atoms with van der Waals surface area (Å²) < 4.78 is 32.0. The van der Waals surface area contributed by atoms with Crippen LogP contribution in [0.1, 0.15) is 168 Å². The largest absolute Gasteiger partial charge is 0.508 e. The molecule has 0 aromatic heterocycles. The SMILES string of the molecule is CCCCCCCCCC(=O)OCC(COC(=O)CCCC(COC(=O)CCCCCCC)COC(=O)CCCCCCC)COC(=O)OCCBr. The fraction of sp³-hybridized carbons (Fsp3) is 0.875. The summed E-state index contributed by atoms with van der Waals surface area (Å²) in [6.45, 7) is 6.52. The predicted molar refractivity (Wildman–Crippen MR) is 205 cm³/mol. The van der Waals surface area contributed by atoms with E-state index in [2.05, 4.69) is 36.7 Å². The summed E-state index contributed by atoms with van der Waals surface area (Å²) in [7, 11) is 0. The molecule has 0 aliphatic carbocycles. The van der Waals surface area contributed by atoms with E-state index in [9.17, 15) is 24.0 Å². The van der Waals surface area contributed by atoms with Crippen molar-refractivity contribution in [2.45, 2.75) is 168 Å². The van der Waals surface area contributed by atoms with Crippen LogP contribution in [0.15, 0.2) is 0 Å². The van der Waals surface area contributed by atoms with Gasteiger partial charge in [-0.1, -0.05) is 127 Å². The van der Waals surface area contributed by atoms with Gasteiger partial charge in [-0.3, -0.25) is 19.2 Å². The van der Waals surface area contributed by atoms with Gasteiger partial charge in [-0.25, -0.2) is 4.79 Å². The minimum absolute atomic E-state index is 0.0651. The number of hydrogen-bond acceptors (Lipinski definition) is 11. The van der Waals surface area contributed by atoms with Crippen LogP contribution in [-0.2, 0) is 47.6 Å². The lowest BCUT2D eigenvalue weighted by atomic mass is 10.0. The van der Waals surface area contributed by atoms with E-state index < -0.39 is 18.0 Å². The fourth-order valence-corrected chi connectivity index (χ4v) is 5.51. The molecule has 12 heteroatoms. The van der Waals surface area contributed by atoms with Gasteiger partial charge >= 0.3 is 30.0 Å². The Morgan fingerprint density at radius 1 is 0.404 bits per heavy atom. The maximum absolute atomic E-state index is 12.7. The second-order valence-electron chi connectivity index (χ2n) is 13.7. The molecule has 0 aromatic carbocycles. The van der Waals surface area contributed by atoms with Crippen molar-refractivity contribution in [3.63, 3.8) is 0 Å². The van der Waals surface area contributed by atoms with Gasteiger partial charge < -0.3 is 28.4 Å². The zero-order chi connectivity index (χ0) is 38.5. The third-order valence-corrected chi connectivity index (χ3v) is 8.92. The molecule has 0 rings (SSSR count). The van der Waals surface area contributed by atoms with E-state index >= 15 is 0 Å². The maximum Gasteiger partial charge on any atom is 0.508 e. The van der Waals surface area contributed by atoms with Crippen molar-refractivity contribution in [2.24, 2.45) is 11.8 Å². The van der Waals surface area contributed by atoms with Crippen LogP contribution < -0.4 is 0 Å². The molecule has 0 radical (unpaired) electrons. The molecule has 0 saturated carbocycles. The van der Waals surface area contributed by atoms with E-state index in [1.165, 1.54) is 25.7 Å². The van der Waals surface area contributed by atoms with Crippen molar-refractivity contribution >= 4 is 46.0 Å². The Labute approximate surface area is 322 Å². The third-order valence-electron chi connectivity index (χ3n) is 8.60. The van der Waals surface area contributed by atoms with Crippen LogP contribution in [0, 0.1) is 11.8 Å². The van der Waals surface area contributed by atoms with Gasteiger partial charge in [0.05, 0.1) is 19.1 Å². The molecule has 0 N–H and O–H groups in total. The number of ether oxygens (including phenoxy) is 6. The molecule has 0 heterocycles. The van der Waals surface area contributed by atoms with Crippen LogP contribution in [0.25, 0.3) is 0 Å². The number of unbranched alkanes of at least 4 members (excludes halogenated alkanes) is 14. The number of carbonyl (C=O) groups excluding carboxylic acids is 5. The van der Waals surface area contributed by atoms with Gasteiger partial charge in [-0.05, 0) is 32.1 Å². The molecule has 0 amide bonds. The molecule has 1 atom stereocenters. The van der Waals surface area contributed by atoms with Gasteiger partial charge in [0.25, 0.3) is 0 Å². The van der Waals surface area contributed by atoms with Crippen LogP contribution in [-0.4, -0.2) is 75.0 Å². The Bertz CT molecular complexity index is 884. The van der Waals surface area contributed by atoms with Gasteiger partial charge in [0.1, 0.15) is 26.4 Å². The van der Waals surface area contributed by atoms with Crippen molar-refractivity contribution in [2.75, 3.05) is 45.0 Å². The van der Waals surface area contributed by atoms with Crippen molar-refractivity contribution in [3.05, 3.63) is 0 Å². The molecule has 0 aliphatic heterocycles. The second-order valence-corrected chi connectivity index (χ2v) is 14.4. The highest BCUT2D eigenvalue weighted by Gasteiger charge is 2.20. The average Bonchev–Trinajstić information content (AvgIpc) is 3.13. The highest BCUT2D eigenvalue weighted by molar-refractivity contribution is 9.09. The first-order chi connectivity index (χ1) is 25.2. The second kappa shape index (κ2) is 37.0. The molecule has 11 nitrogen and oxygen atoms in total. The average molecular weight is 808 g/mol. The van der Waals surface area contributed by atoms with E-state index in [1.54, 1.807) is 0 Å². The summed E-state index contributed by atoms with van der Waals surface area (Å²) in [5.74, 6) is -2.15. The number of hydrogen-bond donors (Lipinski definition) is 0. The normalized spacial score (nSPS) is 11.6. The van der Waals surface area contributed by atoms with Gasteiger partial charge in [0.15, 0.2) is 0 Å². The Kier molecular flexibility index (Phi) is 35.3. The van der Waals surface area contributed by atoms with E-state index in [4.69, 9.17) is 28.4 Å². The molecule has 0 aromatic rings. The minimum atomic E-state index is -0.856. The number of alkyl halides is 1. The fourth-order valence-electron chi connectivity index (χ4n) is 5.35. The standard InChI is InChI=1S/C40H71BrO11/c1-4-7-10-13-14-17-20-25-38(44)50-31-35(33-52-40(46)47-28-27-41)32-51-39(45)26-21-22-34(29-48-36(42)23-18-15-11-8-5-2)30-49-37(43)24-19-16-12-9-6-3/h34-35H,4-33H2,1-3H3. The Balaban J connectivity index is 4.88. The van der Waals surface area contributed by atoms with Gasteiger partial charge in [-0.15, -0.1) is 0 Å². The molecule has 52 heavy (non-hydrogen) atoms. The van der Waals surface area contributed by atoms with Crippen LogP contribution in [0.4, 0.5) is 4.79 Å². The summed E-state index contributed by atoms with van der Waals surface area (Å²) in [6.07, 6.45) is 19.1. The molecule has 1 unspecified atom stereocenters. The summed E-state index contributed by atoms with van der Waals surface area (Å²) in [5, 5.41) is 0.462. The lowest BCUT2D eigenvalue weighted by Crippen LogP contribution is -2.27. The van der Waals surface area contributed by atoms with Crippen LogP contribution in [0.2, 0.25) is 0 Å². The molecule has 304 valence electrons. The molecular formula is C40H71BrO11. The molecule has 0 aliphatic rings. The molecule has 0 fully saturated rings. The highest BCUT2D eigenvalue weighted by atomic mass is 79.9. The highest BCUT2D eigenvalue weighted by Crippen LogP contribution is 2.15. The van der Waals surface area contributed by atoms with Gasteiger partial charge in [0, 0.05) is 36.9 Å². The third kappa shape index (κ3) is 33.5. The number of halogens is 1. The lowest BCUT2D eigenvalue weighted by molar-refractivity contribution is -0.152. The monoisotopic (exact) mass is 806 g/mol. The van der Waals surface area contributed by atoms with Crippen LogP contribution >= 0.6 is 15.9 Å². The van der Waals surface area contributed by atoms with Crippen LogP contribution in [0.3, 0.4) is 0 Å². The first kappa shape index (κ1) is 49.6. The number of esters is 4. The predicted octanol–water partition coefficient (Wildman–Crippen LogP) is 9.97. The van der Waals surface area contributed by atoms with E-state index in [0.717, 1.165) is 83.5 Å². The van der Waals surface area contributed by atoms with Crippen molar-refractivity contribution in [3.8, 4) is 0 Å². The summed E-state index contributed by atoms with van der Waals surface area (Å²) in [4.78, 5) is 61.6. The van der Waals surface area contributed by atoms with E-state index in [-0.39, 0.29) is 69.9 Å². The van der Waals surface area contributed by atoms with Crippen molar-refractivity contribution < 1.29 is 52.4 Å².